The molecule has 0 spiro atoms. The van der Waals surface area contributed by atoms with Crippen molar-refractivity contribution in [2.75, 3.05) is 12.1 Å². The van der Waals surface area contributed by atoms with Crippen molar-refractivity contribution in [3.8, 4) is 11.5 Å². The quantitative estimate of drug-likeness (QED) is 0.821. The van der Waals surface area contributed by atoms with Gasteiger partial charge < -0.3 is 24.5 Å². The molecule has 2 heterocycles. The Hall–Kier alpha value is -2.96. The van der Waals surface area contributed by atoms with Crippen LogP contribution >= 0.6 is 0 Å². The van der Waals surface area contributed by atoms with Crippen molar-refractivity contribution < 1.29 is 23.5 Å². The summed E-state index contributed by atoms with van der Waals surface area (Å²) in [6.07, 6.45) is 1.53. The minimum absolute atomic E-state index is 0.160. The van der Waals surface area contributed by atoms with Gasteiger partial charge in [-0.05, 0) is 38.1 Å². The summed E-state index contributed by atoms with van der Waals surface area (Å²) >= 11 is 0. The van der Waals surface area contributed by atoms with E-state index in [-0.39, 0.29) is 13.3 Å². The first-order valence-corrected chi connectivity index (χ1v) is 7.48. The van der Waals surface area contributed by atoms with Gasteiger partial charge in [0.1, 0.15) is 11.2 Å². The maximum Gasteiger partial charge on any atom is 0.239 e. The molecule has 2 N–H and O–H groups in total. The van der Waals surface area contributed by atoms with Crippen molar-refractivity contribution in [1.29, 1.82) is 0 Å². The number of anilines is 1. The van der Waals surface area contributed by atoms with Crippen LogP contribution in [0, 0.1) is 5.41 Å². The molecule has 126 valence electrons. The van der Waals surface area contributed by atoms with Gasteiger partial charge in [-0.15, -0.1) is 0 Å². The Kier molecular flexibility index (Phi) is 4.16. The maximum absolute atomic E-state index is 12.5. The predicted molar refractivity (Wildman–Crippen MR) is 85.5 cm³/mol. The summed E-state index contributed by atoms with van der Waals surface area (Å²) < 4.78 is 15.6. The van der Waals surface area contributed by atoms with Gasteiger partial charge in [-0.2, -0.15) is 0 Å². The molecule has 3 rings (SSSR count). The van der Waals surface area contributed by atoms with Crippen LogP contribution < -0.4 is 20.1 Å². The van der Waals surface area contributed by atoms with E-state index in [0.717, 1.165) is 0 Å². The van der Waals surface area contributed by atoms with Gasteiger partial charge in [0.25, 0.3) is 0 Å². The van der Waals surface area contributed by atoms with Crippen LogP contribution in [0.2, 0.25) is 0 Å². The molecular weight excluding hydrogens is 312 g/mol. The van der Waals surface area contributed by atoms with Crippen LogP contribution in [0.1, 0.15) is 19.6 Å². The molecule has 24 heavy (non-hydrogen) atoms. The minimum atomic E-state index is -1.25. The second kappa shape index (κ2) is 6.27. The van der Waals surface area contributed by atoms with E-state index in [2.05, 4.69) is 10.6 Å². The highest BCUT2D eigenvalue weighted by atomic mass is 16.7. The summed E-state index contributed by atoms with van der Waals surface area (Å²) in [6, 6.07) is 8.56. The monoisotopic (exact) mass is 330 g/mol. The normalized spacial score (nSPS) is 12.8. The van der Waals surface area contributed by atoms with Gasteiger partial charge in [-0.1, -0.05) is 0 Å². The molecule has 0 fully saturated rings. The van der Waals surface area contributed by atoms with Crippen LogP contribution in [-0.2, 0) is 16.1 Å². The number of rotatable bonds is 5. The third-order valence-electron chi connectivity index (χ3n) is 3.77. The summed E-state index contributed by atoms with van der Waals surface area (Å²) in [6.45, 7) is 3.51. The fraction of sp³-hybridized carbons (Fsp3) is 0.294. The molecule has 0 bridgehead atoms. The molecule has 0 aliphatic carbocycles. The van der Waals surface area contributed by atoms with Gasteiger partial charge >= 0.3 is 0 Å². The molecule has 1 aromatic heterocycles. The van der Waals surface area contributed by atoms with Gasteiger partial charge in [0, 0.05) is 11.8 Å². The van der Waals surface area contributed by atoms with Crippen LogP contribution in [0.15, 0.2) is 41.0 Å². The van der Waals surface area contributed by atoms with E-state index < -0.39 is 17.2 Å². The van der Waals surface area contributed by atoms with Crippen LogP contribution in [-0.4, -0.2) is 18.6 Å². The smallest absolute Gasteiger partial charge is 0.239 e. The number of nitrogens with one attached hydrogen (secondary N) is 2. The first kappa shape index (κ1) is 15.9. The predicted octanol–water partition coefficient (Wildman–Crippen LogP) is 2.29. The van der Waals surface area contributed by atoms with Gasteiger partial charge in [0.15, 0.2) is 11.5 Å². The molecular formula is C17H18N2O5. The van der Waals surface area contributed by atoms with E-state index in [4.69, 9.17) is 13.9 Å². The highest BCUT2D eigenvalue weighted by molar-refractivity contribution is 6.09. The molecule has 0 radical (unpaired) electrons. The van der Waals surface area contributed by atoms with Crippen molar-refractivity contribution in [3.05, 3.63) is 42.4 Å². The summed E-state index contributed by atoms with van der Waals surface area (Å²) in [7, 11) is 0. The summed E-state index contributed by atoms with van der Waals surface area (Å²) in [5.74, 6) is 1.00. The fourth-order valence-corrected chi connectivity index (χ4v) is 2.17. The van der Waals surface area contributed by atoms with E-state index >= 15 is 0 Å². The lowest BCUT2D eigenvalue weighted by atomic mass is 9.91. The molecule has 0 atom stereocenters. The number of carbonyl (C=O) groups is 2. The Bertz CT molecular complexity index is 752. The molecule has 7 heteroatoms. The summed E-state index contributed by atoms with van der Waals surface area (Å²) in [5.41, 5.74) is -0.709. The minimum Gasteiger partial charge on any atom is -0.467 e. The van der Waals surface area contributed by atoms with Crippen molar-refractivity contribution in [2.45, 2.75) is 20.4 Å². The van der Waals surface area contributed by atoms with Gasteiger partial charge in [-0.3, -0.25) is 9.59 Å². The van der Waals surface area contributed by atoms with Crippen LogP contribution in [0.25, 0.3) is 0 Å². The molecule has 1 aliphatic heterocycles. The average molecular weight is 330 g/mol. The van der Waals surface area contributed by atoms with Gasteiger partial charge in [0.2, 0.25) is 18.6 Å². The van der Waals surface area contributed by atoms with E-state index in [1.165, 1.54) is 6.26 Å². The van der Waals surface area contributed by atoms with Crippen LogP contribution in [0.4, 0.5) is 5.69 Å². The lowest BCUT2D eigenvalue weighted by molar-refractivity contribution is -0.138. The Morgan fingerprint density at radius 1 is 1.12 bits per heavy atom. The molecule has 7 nitrogen and oxygen atoms in total. The first-order valence-electron chi connectivity index (χ1n) is 7.48. The van der Waals surface area contributed by atoms with E-state index in [1.807, 2.05) is 0 Å². The fourth-order valence-electron chi connectivity index (χ4n) is 2.17. The Labute approximate surface area is 138 Å². The average Bonchev–Trinajstić information content (AvgIpc) is 3.23. The molecule has 2 amide bonds. The van der Waals surface area contributed by atoms with Gasteiger partial charge in [0.05, 0.1) is 12.8 Å². The number of fused-ring (bicyclic) bond motifs is 1. The third-order valence-corrected chi connectivity index (χ3v) is 3.77. The lowest BCUT2D eigenvalue weighted by Gasteiger charge is -2.22. The summed E-state index contributed by atoms with van der Waals surface area (Å²) in [5, 5.41) is 5.42. The van der Waals surface area contributed by atoms with E-state index in [9.17, 15) is 9.59 Å². The van der Waals surface area contributed by atoms with E-state index in [1.54, 1.807) is 44.2 Å². The van der Waals surface area contributed by atoms with Crippen molar-refractivity contribution in [1.82, 2.24) is 5.32 Å². The van der Waals surface area contributed by atoms with Crippen LogP contribution in [0.3, 0.4) is 0 Å². The standard InChI is InChI=1S/C17H18N2O5/c1-17(2,15(20)18-9-12-4-3-7-22-12)16(21)19-11-5-6-13-14(8-11)24-10-23-13/h3-8H,9-10H2,1-2H3,(H,18,20)(H,19,21). The zero-order chi connectivity index (χ0) is 17.2. The van der Waals surface area contributed by atoms with Crippen molar-refractivity contribution >= 4 is 17.5 Å². The summed E-state index contributed by atoms with van der Waals surface area (Å²) in [4.78, 5) is 24.8. The van der Waals surface area contributed by atoms with Crippen molar-refractivity contribution in [3.63, 3.8) is 0 Å². The Morgan fingerprint density at radius 2 is 1.92 bits per heavy atom. The number of amides is 2. The molecule has 2 aromatic rings. The zero-order valence-electron chi connectivity index (χ0n) is 13.4. The topological polar surface area (TPSA) is 89.8 Å². The maximum atomic E-state index is 12.5. The molecule has 0 saturated carbocycles. The lowest BCUT2D eigenvalue weighted by Crippen LogP contribution is -2.44. The first-order chi connectivity index (χ1) is 11.5. The Balaban J connectivity index is 1.62. The largest absolute Gasteiger partial charge is 0.467 e. The zero-order valence-corrected chi connectivity index (χ0v) is 13.4. The number of carbonyl (C=O) groups excluding carboxylic acids is 2. The second-order valence-electron chi connectivity index (χ2n) is 5.91. The van der Waals surface area contributed by atoms with Crippen molar-refractivity contribution in [2.24, 2.45) is 5.41 Å². The molecule has 0 unspecified atom stereocenters. The molecule has 1 aromatic carbocycles. The molecule has 1 aliphatic rings. The number of hydrogen-bond donors (Lipinski definition) is 2. The number of furan rings is 1. The number of benzene rings is 1. The Morgan fingerprint density at radius 3 is 2.67 bits per heavy atom. The SMILES string of the molecule is CC(C)(C(=O)NCc1ccco1)C(=O)Nc1ccc2c(c1)OCO2. The third kappa shape index (κ3) is 3.19. The number of hydrogen-bond acceptors (Lipinski definition) is 5. The highest BCUT2D eigenvalue weighted by Crippen LogP contribution is 2.34. The highest BCUT2D eigenvalue weighted by Gasteiger charge is 2.36. The molecule has 0 saturated heterocycles. The van der Waals surface area contributed by atoms with Crippen LogP contribution in [0.5, 0.6) is 11.5 Å². The second-order valence-corrected chi connectivity index (χ2v) is 5.91. The van der Waals surface area contributed by atoms with Gasteiger partial charge in [-0.25, -0.2) is 0 Å². The number of ether oxygens (including phenoxy) is 2. The van der Waals surface area contributed by atoms with E-state index in [0.29, 0.717) is 22.9 Å².